The Balaban J connectivity index is 2.03. The van der Waals surface area contributed by atoms with Gasteiger partial charge in [-0.3, -0.25) is 14.4 Å². The summed E-state index contributed by atoms with van der Waals surface area (Å²) >= 11 is 0.835. The molecule has 1 aliphatic heterocycles. The quantitative estimate of drug-likeness (QED) is 0.628. The molecule has 0 saturated carbocycles. The molecule has 0 N–H and O–H groups in total. The lowest BCUT2D eigenvalue weighted by Gasteiger charge is -2.26. The molecule has 120 valence electrons. The number of carbonyl (C=O) groups excluding carboxylic acids is 3. The van der Waals surface area contributed by atoms with Crippen LogP contribution >= 0.6 is 11.3 Å². The summed E-state index contributed by atoms with van der Waals surface area (Å²) in [5.41, 5.74) is 0. The fourth-order valence-electron chi connectivity index (χ4n) is 2.19. The number of alkyl halides is 3. The SMILES string of the molecule is O=C(CC(=O)C(F)(F)F)c1ccc(C(=O)N2CCCCC2)s1. The third-order valence-corrected chi connectivity index (χ3v) is 4.49. The summed E-state index contributed by atoms with van der Waals surface area (Å²) in [5, 5.41) is 0. The van der Waals surface area contributed by atoms with Gasteiger partial charge in [-0.15, -0.1) is 11.3 Å². The molecule has 1 aromatic heterocycles. The third kappa shape index (κ3) is 3.94. The number of halogens is 3. The highest BCUT2D eigenvalue weighted by molar-refractivity contribution is 7.16. The number of amides is 1. The van der Waals surface area contributed by atoms with Gasteiger partial charge >= 0.3 is 6.18 Å². The predicted molar refractivity (Wildman–Crippen MR) is 74.1 cm³/mol. The Morgan fingerprint density at radius 3 is 2.23 bits per heavy atom. The number of piperidine rings is 1. The van der Waals surface area contributed by atoms with E-state index in [2.05, 4.69) is 0 Å². The second-order valence-electron chi connectivity index (χ2n) is 5.04. The molecule has 0 aromatic carbocycles. The van der Waals surface area contributed by atoms with Crippen LogP contribution in [0.3, 0.4) is 0 Å². The van der Waals surface area contributed by atoms with Gasteiger partial charge in [0.2, 0.25) is 5.78 Å². The van der Waals surface area contributed by atoms with Crippen molar-refractivity contribution in [3.63, 3.8) is 0 Å². The molecule has 1 saturated heterocycles. The van der Waals surface area contributed by atoms with E-state index in [1.165, 1.54) is 12.1 Å². The molecular weight excluding hydrogens is 319 g/mol. The summed E-state index contributed by atoms with van der Waals surface area (Å²) in [6.07, 6.45) is -3.33. The van der Waals surface area contributed by atoms with E-state index in [9.17, 15) is 27.6 Å². The number of likely N-dealkylation sites (tertiary alicyclic amines) is 1. The van der Waals surface area contributed by atoms with Crippen molar-refractivity contribution >= 4 is 28.8 Å². The molecule has 0 aliphatic carbocycles. The molecule has 2 heterocycles. The maximum atomic E-state index is 12.2. The topological polar surface area (TPSA) is 54.5 Å². The molecule has 0 unspecified atom stereocenters. The van der Waals surface area contributed by atoms with Crippen molar-refractivity contribution in [3.8, 4) is 0 Å². The van der Waals surface area contributed by atoms with Crippen molar-refractivity contribution in [1.29, 1.82) is 0 Å². The van der Waals surface area contributed by atoms with Crippen LogP contribution in [0.1, 0.15) is 45.0 Å². The van der Waals surface area contributed by atoms with Crippen LogP contribution in [0.25, 0.3) is 0 Å². The first-order chi connectivity index (χ1) is 10.3. The van der Waals surface area contributed by atoms with Gasteiger partial charge in [-0.1, -0.05) is 0 Å². The average Bonchev–Trinajstić information content (AvgIpc) is 2.96. The number of carbonyl (C=O) groups is 3. The van der Waals surface area contributed by atoms with Crippen LogP contribution in [-0.2, 0) is 4.79 Å². The molecule has 0 atom stereocenters. The minimum Gasteiger partial charge on any atom is -0.338 e. The van der Waals surface area contributed by atoms with Crippen molar-refractivity contribution in [1.82, 2.24) is 4.90 Å². The van der Waals surface area contributed by atoms with Gasteiger partial charge < -0.3 is 4.90 Å². The van der Waals surface area contributed by atoms with Gasteiger partial charge in [0.05, 0.1) is 16.2 Å². The minimum absolute atomic E-state index is 0.00189. The number of Topliss-reactive ketones (excluding diaryl/α,β-unsaturated/α-hetero) is 2. The fraction of sp³-hybridized carbons (Fsp3) is 0.500. The van der Waals surface area contributed by atoms with E-state index >= 15 is 0 Å². The van der Waals surface area contributed by atoms with E-state index in [0.29, 0.717) is 18.0 Å². The zero-order valence-electron chi connectivity index (χ0n) is 11.6. The van der Waals surface area contributed by atoms with E-state index < -0.39 is 24.2 Å². The van der Waals surface area contributed by atoms with E-state index in [4.69, 9.17) is 0 Å². The third-order valence-electron chi connectivity index (χ3n) is 3.37. The molecule has 2 rings (SSSR count). The van der Waals surface area contributed by atoms with Gasteiger partial charge in [-0.2, -0.15) is 13.2 Å². The number of thiophene rings is 1. The van der Waals surface area contributed by atoms with E-state index in [0.717, 1.165) is 30.6 Å². The molecule has 1 amide bonds. The highest BCUT2D eigenvalue weighted by Crippen LogP contribution is 2.24. The Morgan fingerprint density at radius 1 is 1.05 bits per heavy atom. The largest absolute Gasteiger partial charge is 0.450 e. The van der Waals surface area contributed by atoms with Crippen LogP contribution in [-0.4, -0.2) is 41.6 Å². The van der Waals surface area contributed by atoms with Crippen molar-refractivity contribution in [2.45, 2.75) is 31.9 Å². The second-order valence-corrected chi connectivity index (χ2v) is 6.12. The van der Waals surface area contributed by atoms with Crippen molar-refractivity contribution in [2.24, 2.45) is 0 Å². The molecule has 0 radical (unpaired) electrons. The Hall–Kier alpha value is -1.70. The number of ketones is 2. The molecule has 1 aliphatic rings. The first-order valence-electron chi connectivity index (χ1n) is 6.81. The molecular formula is C14H14F3NO3S. The molecule has 1 aromatic rings. The Labute approximate surface area is 128 Å². The maximum Gasteiger partial charge on any atom is 0.450 e. The molecule has 0 spiro atoms. The van der Waals surface area contributed by atoms with Crippen LogP contribution in [0.4, 0.5) is 13.2 Å². The number of rotatable bonds is 4. The molecule has 4 nitrogen and oxygen atoms in total. The summed E-state index contributed by atoms with van der Waals surface area (Å²) in [4.78, 5) is 36.7. The first-order valence-corrected chi connectivity index (χ1v) is 7.63. The summed E-state index contributed by atoms with van der Waals surface area (Å²) in [6.45, 7) is 1.29. The lowest BCUT2D eigenvalue weighted by molar-refractivity contribution is -0.170. The van der Waals surface area contributed by atoms with Crippen LogP contribution in [0, 0.1) is 0 Å². The normalized spacial score (nSPS) is 15.7. The zero-order valence-corrected chi connectivity index (χ0v) is 12.4. The smallest absolute Gasteiger partial charge is 0.338 e. The van der Waals surface area contributed by atoms with Gasteiger partial charge in [-0.05, 0) is 31.4 Å². The van der Waals surface area contributed by atoms with Crippen molar-refractivity contribution in [3.05, 3.63) is 21.9 Å². The van der Waals surface area contributed by atoms with Gasteiger partial charge in [0.25, 0.3) is 5.91 Å². The van der Waals surface area contributed by atoms with Crippen LogP contribution < -0.4 is 0 Å². The van der Waals surface area contributed by atoms with Gasteiger partial charge in [-0.25, -0.2) is 0 Å². The van der Waals surface area contributed by atoms with Gasteiger partial charge in [0.1, 0.15) is 0 Å². The lowest BCUT2D eigenvalue weighted by atomic mass is 10.1. The molecule has 8 heteroatoms. The summed E-state index contributed by atoms with van der Waals surface area (Å²) < 4.78 is 36.4. The Bertz CT molecular complexity index is 588. The van der Waals surface area contributed by atoms with Gasteiger partial charge in [0, 0.05) is 13.1 Å². The molecule has 22 heavy (non-hydrogen) atoms. The second kappa shape index (κ2) is 6.60. The lowest BCUT2D eigenvalue weighted by Crippen LogP contribution is -2.35. The summed E-state index contributed by atoms with van der Waals surface area (Å²) in [5.74, 6) is -3.20. The first kappa shape index (κ1) is 16.7. The van der Waals surface area contributed by atoms with Crippen molar-refractivity contribution in [2.75, 3.05) is 13.1 Å². The Kier molecular flexibility index (Phi) is 5.00. The van der Waals surface area contributed by atoms with Crippen LogP contribution in [0.15, 0.2) is 12.1 Å². The number of hydrogen-bond acceptors (Lipinski definition) is 4. The fourth-order valence-corrected chi connectivity index (χ4v) is 3.10. The summed E-state index contributed by atoms with van der Waals surface area (Å²) in [6, 6.07) is 2.72. The van der Waals surface area contributed by atoms with Crippen LogP contribution in [0.2, 0.25) is 0 Å². The number of nitrogens with zero attached hydrogens (tertiary/aromatic N) is 1. The Morgan fingerprint density at radius 2 is 1.64 bits per heavy atom. The standard InChI is InChI=1S/C14H14F3NO3S/c15-14(16,17)12(20)8-9(19)10-4-5-11(22-10)13(21)18-6-2-1-3-7-18/h4-5H,1-3,6-8H2. The maximum absolute atomic E-state index is 12.2. The minimum atomic E-state index is -5.01. The van der Waals surface area contributed by atoms with Crippen molar-refractivity contribution < 1.29 is 27.6 Å². The van der Waals surface area contributed by atoms with Crippen LogP contribution in [0.5, 0.6) is 0 Å². The zero-order chi connectivity index (χ0) is 16.3. The highest BCUT2D eigenvalue weighted by atomic mass is 32.1. The molecule has 0 bridgehead atoms. The summed E-state index contributed by atoms with van der Waals surface area (Å²) in [7, 11) is 0. The monoisotopic (exact) mass is 333 g/mol. The van der Waals surface area contributed by atoms with Gasteiger partial charge in [0.15, 0.2) is 5.78 Å². The van der Waals surface area contributed by atoms with E-state index in [-0.39, 0.29) is 10.8 Å². The predicted octanol–water partition coefficient (Wildman–Crippen LogP) is 3.08. The molecule has 1 fully saturated rings. The number of hydrogen-bond donors (Lipinski definition) is 0. The average molecular weight is 333 g/mol. The highest BCUT2D eigenvalue weighted by Gasteiger charge is 2.39. The van der Waals surface area contributed by atoms with E-state index in [1.54, 1.807) is 4.90 Å². The van der Waals surface area contributed by atoms with E-state index in [1.807, 2.05) is 0 Å².